The Morgan fingerprint density at radius 2 is 2.12 bits per heavy atom. The summed E-state index contributed by atoms with van der Waals surface area (Å²) < 4.78 is 7.67. The molecule has 0 aliphatic carbocycles. The summed E-state index contributed by atoms with van der Waals surface area (Å²) >= 11 is 0. The lowest BCUT2D eigenvalue weighted by molar-refractivity contribution is 0.0900. The molecule has 6 heteroatoms. The number of rotatable bonds is 3. The molecular formula is C18H18N4O2. The smallest absolute Gasteiger partial charge is 0.289 e. The topological polar surface area (TPSA) is 73.0 Å². The maximum Gasteiger partial charge on any atom is 0.289 e. The van der Waals surface area contributed by atoms with Crippen molar-refractivity contribution in [3.63, 3.8) is 0 Å². The first kappa shape index (κ1) is 14.7. The van der Waals surface area contributed by atoms with Crippen molar-refractivity contribution in [2.45, 2.75) is 32.4 Å². The van der Waals surface area contributed by atoms with Gasteiger partial charge in [-0.3, -0.25) is 9.48 Å². The van der Waals surface area contributed by atoms with Crippen LogP contribution >= 0.6 is 0 Å². The Bertz CT molecular complexity index is 866. The Morgan fingerprint density at radius 3 is 2.96 bits per heavy atom. The first-order valence-electron chi connectivity index (χ1n) is 8.08. The Labute approximate surface area is 139 Å². The van der Waals surface area contributed by atoms with Gasteiger partial charge < -0.3 is 9.73 Å². The van der Waals surface area contributed by atoms with Gasteiger partial charge in [0, 0.05) is 18.3 Å². The van der Waals surface area contributed by atoms with Gasteiger partial charge in [0.15, 0.2) is 0 Å². The highest BCUT2D eigenvalue weighted by atomic mass is 16.4. The Kier molecular flexibility index (Phi) is 3.65. The molecule has 0 saturated heterocycles. The highest BCUT2D eigenvalue weighted by Crippen LogP contribution is 2.26. The maximum absolute atomic E-state index is 12.6. The van der Waals surface area contributed by atoms with Crippen LogP contribution in [0.2, 0.25) is 0 Å². The first-order valence-corrected chi connectivity index (χ1v) is 8.08. The third-order valence-corrected chi connectivity index (χ3v) is 4.30. The molecule has 1 aliphatic heterocycles. The fourth-order valence-electron chi connectivity index (χ4n) is 3.10. The normalized spacial score (nSPS) is 16.6. The number of hydrogen-bond acceptors (Lipinski definition) is 4. The van der Waals surface area contributed by atoms with E-state index in [4.69, 9.17) is 4.42 Å². The molecule has 122 valence electrons. The van der Waals surface area contributed by atoms with E-state index in [-0.39, 0.29) is 17.7 Å². The van der Waals surface area contributed by atoms with Crippen molar-refractivity contribution in [1.82, 2.24) is 20.1 Å². The molecular weight excluding hydrogens is 304 g/mol. The average molecular weight is 322 g/mol. The van der Waals surface area contributed by atoms with E-state index in [1.165, 1.54) is 0 Å². The van der Waals surface area contributed by atoms with E-state index in [2.05, 4.69) is 15.4 Å². The zero-order valence-corrected chi connectivity index (χ0v) is 13.4. The van der Waals surface area contributed by atoms with Gasteiger partial charge in [0.05, 0.1) is 17.4 Å². The van der Waals surface area contributed by atoms with Crippen molar-refractivity contribution in [1.29, 1.82) is 0 Å². The third-order valence-electron chi connectivity index (χ3n) is 4.30. The van der Waals surface area contributed by atoms with Crippen molar-refractivity contribution in [2.24, 2.45) is 0 Å². The molecule has 1 atom stereocenters. The lowest BCUT2D eigenvalue weighted by Gasteiger charge is -2.24. The number of hydrogen-bond donors (Lipinski definition) is 1. The number of fused-ring (bicyclic) bond motifs is 1. The van der Waals surface area contributed by atoms with Gasteiger partial charge in [-0.05, 0) is 38.0 Å². The molecule has 0 radical (unpaired) electrons. The number of nitrogens with zero attached hydrogens (tertiary/aromatic N) is 3. The number of aryl methyl sites for hydroxylation is 2. The van der Waals surface area contributed by atoms with Crippen LogP contribution in [0, 0.1) is 6.92 Å². The number of amides is 1. The number of benzene rings is 1. The van der Waals surface area contributed by atoms with Crippen LogP contribution in [-0.4, -0.2) is 20.7 Å². The molecule has 24 heavy (non-hydrogen) atoms. The van der Waals surface area contributed by atoms with E-state index in [9.17, 15) is 4.79 Å². The second-order valence-electron chi connectivity index (χ2n) is 5.95. The quantitative estimate of drug-likeness (QED) is 0.804. The number of carbonyl (C=O) groups excluding carboxylic acids is 1. The van der Waals surface area contributed by atoms with Gasteiger partial charge in [-0.15, -0.1) is 0 Å². The molecule has 1 N–H and O–H groups in total. The van der Waals surface area contributed by atoms with Crippen LogP contribution in [0.5, 0.6) is 0 Å². The summed E-state index contributed by atoms with van der Waals surface area (Å²) in [5.74, 6) is 0.499. The van der Waals surface area contributed by atoms with Crippen molar-refractivity contribution >= 4 is 5.91 Å². The minimum Gasteiger partial charge on any atom is -0.431 e. The summed E-state index contributed by atoms with van der Waals surface area (Å²) in [6.07, 6.45) is 3.66. The lowest BCUT2D eigenvalue weighted by Crippen LogP contribution is -2.32. The van der Waals surface area contributed by atoms with Crippen molar-refractivity contribution in [3.05, 3.63) is 59.7 Å². The predicted molar refractivity (Wildman–Crippen MR) is 88.3 cm³/mol. The summed E-state index contributed by atoms with van der Waals surface area (Å²) in [6, 6.07) is 11.5. The first-order chi connectivity index (χ1) is 11.7. The molecule has 6 nitrogen and oxygen atoms in total. The predicted octanol–water partition coefficient (Wildman–Crippen LogP) is 3.11. The molecule has 1 aromatic carbocycles. The molecule has 0 saturated carbocycles. The largest absolute Gasteiger partial charge is 0.431 e. The monoisotopic (exact) mass is 322 g/mol. The lowest BCUT2D eigenvalue weighted by atomic mass is 10.0. The fraction of sp³-hybridized carbons (Fsp3) is 0.278. The van der Waals surface area contributed by atoms with E-state index < -0.39 is 0 Å². The maximum atomic E-state index is 12.6. The molecule has 1 amide bonds. The number of carbonyl (C=O) groups is 1. The third kappa shape index (κ3) is 2.60. The van der Waals surface area contributed by atoms with Crippen LogP contribution in [0.15, 0.2) is 47.0 Å². The Morgan fingerprint density at radius 1 is 1.29 bits per heavy atom. The summed E-state index contributed by atoms with van der Waals surface area (Å²) in [7, 11) is 0. The minimum atomic E-state index is -0.234. The summed E-state index contributed by atoms with van der Waals surface area (Å²) in [4.78, 5) is 17.0. The molecule has 0 bridgehead atoms. The summed E-state index contributed by atoms with van der Waals surface area (Å²) in [5, 5.41) is 7.33. The SMILES string of the molecule is Cc1nc(-c2ccccc2)oc1C(=O)NC1CCCn2nccc21. The van der Waals surface area contributed by atoms with Crippen LogP contribution in [0.3, 0.4) is 0 Å². The standard InChI is InChI=1S/C18H18N4O2/c1-12-16(24-18(20-12)13-6-3-2-4-7-13)17(23)21-14-8-5-11-22-15(14)9-10-19-22/h2-4,6-7,9-10,14H,5,8,11H2,1H3,(H,21,23). The molecule has 4 rings (SSSR count). The zero-order chi connectivity index (χ0) is 16.5. The summed E-state index contributed by atoms with van der Waals surface area (Å²) in [6.45, 7) is 2.68. The zero-order valence-electron chi connectivity index (χ0n) is 13.4. The Balaban J connectivity index is 1.57. The van der Waals surface area contributed by atoms with Crippen LogP contribution in [-0.2, 0) is 6.54 Å². The highest BCUT2D eigenvalue weighted by molar-refractivity contribution is 5.93. The number of aromatic nitrogens is 3. The molecule has 3 aromatic rings. The fourth-order valence-corrected chi connectivity index (χ4v) is 3.10. The van der Waals surface area contributed by atoms with E-state index in [0.29, 0.717) is 11.6 Å². The molecule has 0 spiro atoms. The van der Waals surface area contributed by atoms with E-state index in [1.54, 1.807) is 13.1 Å². The van der Waals surface area contributed by atoms with Gasteiger partial charge >= 0.3 is 0 Å². The minimum absolute atomic E-state index is 0.0431. The van der Waals surface area contributed by atoms with Gasteiger partial charge in [-0.1, -0.05) is 18.2 Å². The van der Waals surface area contributed by atoms with E-state index in [1.807, 2.05) is 41.1 Å². The van der Waals surface area contributed by atoms with Crippen molar-refractivity contribution in [3.8, 4) is 11.5 Å². The van der Waals surface area contributed by atoms with Gasteiger partial charge in [0.1, 0.15) is 0 Å². The molecule has 1 aliphatic rings. The average Bonchev–Trinajstić information content (AvgIpc) is 3.23. The van der Waals surface area contributed by atoms with Gasteiger partial charge in [-0.25, -0.2) is 4.98 Å². The summed E-state index contributed by atoms with van der Waals surface area (Å²) in [5.41, 5.74) is 2.49. The number of nitrogens with one attached hydrogen (secondary N) is 1. The molecule has 3 heterocycles. The number of oxazole rings is 1. The van der Waals surface area contributed by atoms with Crippen LogP contribution in [0.4, 0.5) is 0 Å². The molecule has 1 unspecified atom stereocenters. The Hall–Kier alpha value is -2.89. The van der Waals surface area contributed by atoms with Crippen LogP contribution < -0.4 is 5.32 Å². The highest BCUT2D eigenvalue weighted by Gasteiger charge is 2.25. The van der Waals surface area contributed by atoms with Crippen molar-refractivity contribution < 1.29 is 9.21 Å². The van der Waals surface area contributed by atoms with Gasteiger partial charge in [0.25, 0.3) is 5.91 Å². The molecule has 0 fully saturated rings. The molecule has 2 aromatic heterocycles. The van der Waals surface area contributed by atoms with E-state index >= 15 is 0 Å². The van der Waals surface area contributed by atoms with Crippen molar-refractivity contribution in [2.75, 3.05) is 0 Å². The van der Waals surface area contributed by atoms with Gasteiger partial charge in [-0.2, -0.15) is 5.10 Å². The second kappa shape index (κ2) is 5.96. The second-order valence-corrected chi connectivity index (χ2v) is 5.95. The van der Waals surface area contributed by atoms with Gasteiger partial charge in [0.2, 0.25) is 11.7 Å². The van der Waals surface area contributed by atoms with Crippen LogP contribution in [0.25, 0.3) is 11.5 Å². The van der Waals surface area contributed by atoms with E-state index in [0.717, 1.165) is 30.6 Å². The van der Waals surface area contributed by atoms with Crippen LogP contribution in [0.1, 0.15) is 40.8 Å².